The summed E-state index contributed by atoms with van der Waals surface area (Å²) in [5.41, 5.74) is 1.60. The van der Waals surface area contributed by atoms with Crippen molar-refractivity contribution >= 4 is 23.6 Å². The van der Waals surface area contributed by atoms with Gasteiger partial charge in [-0.3, -0.25) is 9.59 Å². The molecular formula is C19H27N3O4. The number of hydrogen-bond acceptors (Lipinski definition) is 4. The number of benzene rings is 1. The van der Waals surface area contributed by atoms with Crippen molar-refractivity contribution in [2.24, 2.45) is 0 Å². The van der Waals surface area contributed by atoms with E-state index in [1.165, 1.54) is 6.08 Å². The van der Waals surface area contributed by atoms with E-state index in [4.69, 9.17) is 4.74 Å². The van der Waals surface area contributed by atoms with E-state index in [2.05, 4.69) is 16.0 Å². The summed E-state index contributed by atoms with van der Waals surface area (Å²) in [5.74, 6) is -0.586. The second kappa shape index (κ2) is 9.60. The molecule has 26 heavy (non-hydrogen) atoms. The van der Waals surface area contributed by atoms with Crippen LogP contribution in [-0.4, -0.2) is 30.1 Å². The maximum atomic E-state index is 12.0. The Morgan fingerprint density at radius 2 is 1.73 bits per heavy atom. The first-order valence-corrected chi connectivity index (χ1v) is 8.34. The second-order valence-corrected chi connectivity index (χ2v) is 7.00. The number of amides is 3. The van der Waals surface area contributed by atoms with Crippen LogP contribution in [0.2, 0.25) is 0 Å². The van der Waals surface area contributed by atoms with E-state index >= 15 is 0 Å². The number of hydrogen-bond donors (Lipinski definition) is 3. The standard InChI is InChI=1S/C19H27N3O4/c1-13(2)10-16(23)20-11-14-8-6-7-9-15(14)22-17(24)12-21-18(25)26-19(3,4)5/h6-10H,11-12H2,1-5H3,(H,20,23)(H,21,25)(H,22,24). The van der Waals surface area contributed by atoms with Crippen molar-refractivity contribution in [3.05, 3.63) is 41.5 Å². The van der Waals surface area contributed by atoms with Gasteiger partial charge in [0.05, 0.1) is 0 Å². The monoisotopic (exact) mass is 361 g/mol. The van der Waals surface area contributed by atoms with Gasteiger partial charge in [-0.2, -0.15) is 0 Å². The zero-order valence-electron chi connectivity index (χ0n) is 15.9. The highest BCUT2D eigenvalue weighted by Gasteiger charge is 2.16. The summed E-state index contributed by atoms with van der Waals surface area (Å²) in [6, 6.07) is 7.13. The number of nitrogens with one attached hydrogen (secondary N) is 3. The normalized spacial score (nSPS) is 10.5. The first-order chi connectivity index (χ1) is 12.1. The lowest BCUT2D eigenvalue weighted by atomic mass is 10.1. The Morgan fingerprint density at radius 1 is 1.08 bits per heavy atom. The third kappa shape index (κ3) is 8.86. The molecule has 0 atom stereocenters. The van der Waals surface area contributed by atoms with Crippen molar-refractivity contribution in [1.29, 1.82) is 0 Å². The molecule has 0 aromatic heterocycles. The molecule has 3 N–H and O–H groups in total. The zero-order chi connectivity index (χ0) is 19.7. The lowest BCUT2D eigenvalue weighted by Crippen LogP contribution is -2.37. The molecule has 0 saturated carbocycles. The van der Waals surface area contributed by atoms with Crippen LogP contribution in [0, 0.1) is 0 Å². The third-order valence-corrected chi connectivity index (χ3v) is 2.96. The molecule has 0 aliphatic heterocycles. The third-order valence-electron chi connectivity index (χ3n) is 2.96. The van der Waals surface area contributed by atoms with E-state index in [0.29, 0.717) is 5.69 Å². The van der Waals surface area contributed by atoms with E-state index in [-0.39, 0.29) is 24.9 Å². The number of ether oxygens (including phenoxy) is 1. The van der Waals surface area contributed by atoms with Crippen molar-refractivity contribution in [1.82, 2.24) is 10.6 Å². The van der Waals surface area contributed by atoms with Gasteiger partial charge in [0.1, 0.15) is 12.1 Å². The highest BCUT2D eigenvalue weighted by Crippen LogP contribution is 2.14. The van der Waals surface area contributed by atoms with Crippen molar-refractivity contribution < 1.29 is 19.1 Å². The van der Waals surface area contributed by atoms with Crippen LogP contribution >= 0.6 is 0 Å². The molecule has 0 aliphatic carbocycles. The molecule has 0 aliphatic rings. The minimum absolute atomic E-state index is 0.197. The van der Waals surface area contributed by atoms with Crippen LogP contribution in [0.1, 0.15) is 40.2 Å². The maximum Gasteiger partial charge on any atom is 0.408 e. The van der Waals surface area contributed by atoms with Gasteiger partial charge in [0.15, 0.2) is 0 Å². The fourth-order valence-corrected chi connectivity index (χ4v) is 1.95. The zero-order valence-corrected chi connectivity index (χ0v) is 15.9. The Kier molecular flexibility index (Phi) is 7.83. The Hall–Kier alpha value is -2.83. The highest BCUT2D eigenvalue weighted by atomic mass is 16.6. The number of rotatable bonds is 6. The van der Waals surface area contributed by atoms with E-state index in [1.54, 1.807) is 39.0 Å². The summed E-state index contributed by atoms with van der Waals surface area (Å²) in [6.45, 7) is 8.97. The van der Waals surface area contributed by atoms with Crippen LogP contribution in [0.3, 0.4) is 0 Å². The lowest BCUT2D eigenvalue weighted by molar-refractivity contribution is -0.117. The average Bonchev–Trinajstić information content (AvgIpc) is 2.50. The topological polar surface area (TPSA) is 96.5 Å². The lowest BCUT2D eigenvalue weighted by Gasteiger charge is -2.19. The fraction of sp³-hybridized carbons (Fsp3) is 0.421. The van der Waals surface area contributed by atoms with Gasteiger partial charge in [-0.05, 0) is 46.2 Å². The van der Waals surface area contributed by atoms with Gasteiger partial charge in [0.2, 0.25) is 11.8 Å². The number of anilines is 1. The molecule has 0 fully saturated rings. The molecule has 0 spiro atoms. The van der Waals surface area contributed by atoms with Crippen molar-refractivity contribution in [3.63, 3.8) is 0 Å². The van der Waals surface area contributed by atoms with Crippen LogP contribution in [0.5, 0.6) is 0 Å². The summed E-state index contributed by atoms with van der Waals surface area (Å²) < 4.78 is 5.08. The first kappa shape index (κ1) is 21.2. The molecule has 3 amide bonds. The summed E-state index contributed by atoms with van der Waals surface area (Å²) >= 11 is 0. The van der Waals surface area contributed by atoms with Crippen LogP contribution in [-0.2, 0) is 20.9 Å². The molecule has 0 radical (unpaired) electrons. The number of carbonyl (C=O) groups is 3. The Labute approximate surface area is 154 Å². The van der Waals surface area contributed by atoms with Crippen LogP contribution in [0.4, 0.5) is 10.5 Å². The van der Waals surface area contributed by atoms with E-state index in [9.17, 15) is 14.4 Å². The van der Waals surface area contributed by atoms with Crippen molar-refractivity contribution in [3.8, 4) is 0 Å². The number of para-hydroxylation sites is 1. The van der Waals surface area contributed by atoms with Crippen molar-refractivity contribution in [2.45, 2.75) is 46.8 Å². The van der Waals surface area contributed by atoms with E-state index in [1.807, 2.05) is 19.9 Å². The van der Waals surface area contributed by atoms with Gasteiger partial charge in [0, 0.05) is 18.3 Å². The van der Waals surface area contributed by atoms with E-state index in [0.717, 1.165) is 11.1 Å². The Balaban J connectivity index is 2.59. The molecule has 142 valence electrons. The largest absolute Gasteiger partial charge is 0.444 e. The molecular weight excluding hydrogens is 334 g/mol. The molecule has 1 aromatic carbocycles. The predicted octanol–water partition coefficient (Wildman–Crippen LogP) is 2.73. The van der Waals surface area contributed by atoms with Gasteiger partial charge in [0.25, 0.3) is 0 Å². The number of allylic oxidation sites excluding steroid dienone is 1. The maximum absolute atomic E-state index is 12.0. The SMILES string of the molecule is CC(C)=CC(=O)NCc1ccccc1NC(=O)CNC(=O)OC(C)(C)C. The molecule has 1 aromatic rings. The minimum Gasteiger partial charge on any atom is -0.444 e. The fourth-order valence-electron chi connectivity index (χ4n) is 1.95. The molecule has 0 saturated heterocycles. The first-order valence-electron chi connectivity index (χ1n) is 8.34. The smallest absolute Gasteiger partial charge is 0.408 e. The minimum atomic E-state index is -0.657. The van der Waals surface area contributed by atoms with E-state index < -0.39 is 11.7 Å². The van der Waals surface area contributed by atoms with Gasteiger partial charge in [-0.15, -0.1) is 0 Å². The average molecular weight is 361 g/mol. The number of alkyl carbamates (subject to hydrolysis) is 1. The van der Waals surface area contributed by atoms with Crippen LogP contribution in [0.15, 0.2) is 35.9 Å². The molecule has 0 unspecified atom stereocenters. The molecule has 7 nitrogen and oxygen atoms in total. The molecule has 7 heteroatoms. The van der Waals surface area contributed by atoms with Gasteiger partial charge < -0.3 is 20.7 Å². The molecule has 0 bridgehead atoms. The number of carbonyl (C=O) groups excluding carboxylic acids is 3. The van der Waals surface area contributed by atoms with Gasteiger partial charge in [-0.25, -0.2) is 4.79 Å². The summed E-state index contributed by atoms with van der Waals surface area (Å²) in [4.78, 5) is 35.3. The van der Waals surface area contributed by atoms with Gasteiger partial charge >= 0.3 is 6.09 Å². The summed E-state index contributed by atoms with van der Waals surface area (Å²) in [6.07, 6.45) is 0.848. The quantitative estimate of drug-likeness (QED) is 0.679. The van der Waals surface area contributed by atoms with Crippen LogP contribution in [0.25, 0.3) is 0 Å². The van der Waals surface area contributed by atoms with Crippen molar-refractivity contribution in [2.75, 3.05) is 11.9 Å². The van der Waals surface area contributed by atoms with Crippen LogP contribution < -0.4 is 16.0 Å². The van der Waals surface area contributed by atoms with Gasteiger partial charge in [-0.1, -0.05) is 23.8 Å². The molecule has 0 heterocycles. The summed E-state index contributed by atoms with van der Waals surface area (Å²) in [5, 5.41) is 7.88. The second-order valence-electron chi connectivity index (χ2n) is 7.00. The predicted molar refractivity (Wildman–Crippen MR) is 101 cm³/mol. The Bertz CT molecular complexity index is 686. The summed E-state index contributed by atoms with van der Waals surface area (Å²) in [7, 11) is 0. The molecule has 1 rings (SSSR count). The highest BCUT2D eigenvalue weighted by molar-refractivity contribution is 5.94. The Morgan fingerprint density at radius 3 is 2.35 bits per heavy atom.